The molecule has 0 N–H and O–H groups in total. The SMILES string of the molecule is COc1cccc(OC)c1-c1ccc2ccc3ccc(Cl)nc3c2n1. The first-order chi connectivity index (χ1) is 12.2. The van der Waals surface area contributed by atoms with E-state index >= 15 is 0 Å². The van der Waals surface area contributed by atoms with Gasteiger partial charge in [0.25, 0.3) is 0 Å². The summed E-state index contributed by atoms with van der Waals surface area (Å²) in [6.45, 7) is 0. The number of fused-ring (bicyclic) bond motifs is 3. The minimum Gasteiger partial charge on any atom is -0.496 e. The van der Waals surface area contributed by atoms with Crippen LogP contribution in [-0.2, 0) is 0 Å². The topological polar surface area (TPSA) is 44.2 Å². The van der Waals surface area contributed by atoms with Crippen LogP contribution < -0.4 is 9.47 Å². The van der Waals surface area contributed by atoms with Crippen molar-refractivity contribution >= 4 is 33.4 Å². The average molecular weight is 351 g/mol. The largest absolute Gasteiger partial charge is 0.496 e. The van der Waals surface area contributed by atoms with Crippen LogP contribution in [0.4, 0.5) is 0 Å². The smallest absolute Gasteiger partial charge is 0.132 e. The molecule has 0 fully saturated rings. The van der Waals surface area contributed by atoms with Gasteiger partial charge in [-0.3, -0.25) is 0 Å². The van der Waals surface area contributed by atoms with Gasteiger partial charge in [-0.15, -0.1) is 0 Å². The molecule has 0 aliphatic rings. The van der Waals surface area contributed by atoms with Crippen LogP contribution in [0.15, 0.2) is 54.6 Å². The van der Waals surface area contributed by atoms with Gasteiger partial charge in [-0.05, 0) is 30.3 Å². The van der Waals surface area contributed by atoms with E-state index in [0.29, 0.717) is 16.7 Å². The predicted molar refractivity (Wildman–Crippen MR) is 101 cm³/mol. The molecule has 4 rings (SSSR count). The van der Waals surface area contributed by atoms with E-state index in [-0.39, 0.29) is 0 Å². The number of benzene rings is 2. The van der Waals surface area contributed by atoms with Gasteiger partial charge in [0.1, 0.15) is 16.7 Å². The highest BCUT2D eigenvalue weighted by molar-refractivity contribution is 6.30. The van der Waals surface area contributed by atoms with Crippen LogP contribution in [0.2, 0.25) is 5.15 Å². The van der Waals surface area contributed by atoms with Crippen LogP contribution >= 0.6 is 11.6 Å². The molecule has 0 saturated heterocycles. The maximum atomic E-state index is 6.09. The monoisotopic (exact) mass is 350 g/mol. The number of halogens is 1. The van der Waals surface area contributed by atoms with E-state index in [9.17, 15) is 0 Å². The summed E-state index contributed by atoms with van der Waals surface area (Å²) in [7, 11) is 3.27. The van der Waals surface area contributed by atoms with Crippen molar-refractivity contribution in [3.8, 4) is 22.8 Å². The van der Waals surface area contributed by atoms with Crippen molar-refractivity contribution in [3.63, 3.8) is 0 Å². The summed E-state index contributed by atoms with van der Waals surface area (Å²) >= 11 is 6.09. The van der Waals surface area contributed by atoms with Crippen molar-refractivity contribution in [1.29, 1.82) is 0 Å². The average Bonchev–Trinajstić information content (AvgIpc) is 2.66. The standard InChI is InChI=1S/C20H15ClN2O2/c1-24-15-4-3-5-16(25-2)18(15)14-10-8-12-6-7-13-9-11-17(21)23-20(13)19(12)22-14/h3-11H,1-2H3. The highest BCUT2D eigenvalue weighted by Crippen LogP contribution is 2.38. The van der Waals surface area contributed by atoms with Crippen molar-refractivity contribution in [1.82, 2.24) is 9.97 Å². The Kier molecular flexibility index (Phi) is 3.90. The maximum Gasteiger partial charge on any atom is 0.132 e. The molecule has 4 aromatic rings. The third kappa shape index (κ3) is 2.65. The molecule has 0 radical (unpaired) electrons. The molecule has 0 saturated carbocycles. The van der Waals surface area contributed by atoms with Gasteiger partial charge in [0.05, 0.1) is 36.5 Å². The quantitative estimate of drug-likeness (QED) is 0.380. The van der Waals surface area contributed by atoms with Crippen molar-refractivity contribution in [2.24, 2.45) is 0 Å². The number of hydrogen-bond acceptors (Lipinski definition) is 4. The van der Waals surface area contributed by atoms with Crippen LogP contribution in [-0.4, -0.2) is 24.2 Å². The summed E-state index contributed by atoms with van der Waals surface area (Å²) < 4.78 is 11.0. The van der Waals surface area contributed by atoms with E-state index in [0.717, 1.165) is 33.1 Å². The highest BCUT2D eigenvalue weighted by Gasteiger charge is 2.15. The van der Waals surface area contributed by atoms with Gasteiger partial charge in [-0.1, -0.05) is 35.9 Å². The van der Waals surface area contributed by atoms with Gasteiger partial charge in [0.15, 0.2) is 0 Å². The number of nitrogens with zero attached hydrogens (tertiary/aromatic N) is 2. The lowest BCUT2D eigenvalue weighted by Gasteiger charge is -2.13. The van der Waals surface area contributed by atoms with Gasteiger partial charge in [0, 0.05) is 10.8 Å². The van der Waals surface area contributed by atoms with Crippen LogP contribution in [0, 0.1) is 0 Å². The number of aromatic nitrogens is 2. The molecule has 0 atom stereocenters. The van der Waals surface area contributed by atoms with Crippen molar-refractivity contribution in [3.05, 3.63) is 59.8 Å². The minimum absolute atomic E-state index is 0.446. The number of methoxy groups -OCH3 is 2. The zero-order valence-electron chi connectivity index (χ0n) is 13.8. The fourth-order valence-electron chi connectivity index (χ4n) is 2.99. The fourth-order valence-corrected chi connectivity index (χ4v) is 3.13. The highest BCUT2D eigenvalue weighted by atomic mass is 35.5. The molecule has 0 spiro atoms. The number of ether oxygens (including phenoxy) is 2. The Morgan fingerprint density at radius 3 is 1.92 bits per heavy atom. The summed E-state index contributed by atoms with van der Waals surface area (Å²) in [6.07, 6.45) is 0. The third-order valence-electron chi connectivity index (χ3n) is 4.17. The second-order valence-electron chi connectivity index (χ2n) is 5.58. The Labute approximate surface area is 150 Å². The summed E-state index contributed by atoms with van der Waals surface area (Å²) in [5.41, 5.74) is 3.15. The van der Waals surface area contributed by atoms with Crippen LogP contribution in [0.25, 0.3) is 33.1 Å². The first kappa shape index (κ1) is 15.7. The van der Waals surface area contributed by atoms with Gasteiger partial charge >= 0.3 is 0 Å². The Morgan fingerprint density at radius 1 is 0.720 bits per heavy atom. The number of hydrogen-bond donors (Lipinski definition) is 0. The molecule has 5 heteroatoms. The van der Waals surface area contributed by atoms with Gasteiger partial charge in [-0.2, -0.15) is 0 Å². The molecular formula is C20H15ClN2O2. The Morgan fingerprint density at radius 2 is 1.28 bits per heavy atom. The molecule has 4 nitrogen and oxygen atoms in total. The Hall–Kier alpha value is -2.85. The summed E-state index contributed by atoms with van der Waals surface area (Å²) in [5.74, 6) is 1.41. The van der Waals surface area contributed by atoms with E-state index in [1.807, 2.05) is 48.5 Å². The van der Waals surface area contributed by atoms with E-state index in [1.54, 1.807) is 20.3 Å². The predicted octanol–water partition coefficient (Wildman–Crippen LogP) is 5.12. The summed E-state index contributed by atoms with van der Waals surface area (Å²) in [4.78, 5) is 9.31. The lowest BCUT2D eigenvalue weighted by atomic mass is 10.1. The molecule has 0 bridgehead atoms. The fraction of sp³-hybridized carbons (Fsp3) is 0.100. The van der Waals surface area contributed by atoms with E-state index in [2.05, 4.69) is 4.98 Å². The number of rotatable bonds is 3. The molecule has 0 unspecified atom stereocenters. The molecule has 0 aliphatic carbocycles. The maximum absolute atomic E-state index is 6.09. The lowest BCUT2D eigenvalue weighted by Crippen LogP contribution is -1.95. The molecule has 25 heavy (non-hydrogen) atoms. The lowest BCUT2D eigenvalue weighted by molar-refractivity contribution is 0.397. The summed E-state index contributed by atoms with van der Waals surface area (Å²) in [5, 5.41) is 2.44. The van der Waals surface area contributed by atoms with Crippen LogP contribution in [0.3, 0.4) is 0 Å². The molecule has 2 heterocycles. The molecule has 2 aromatic carbocycles. The summed E-state index contributed by atoms with van der Waals surface area (Å²) in [6, 6.07) is 17.4. The number of pyridine rings is 2. The zero-order chi connectivity index (χ0) is 17.4. The van der Waals surface area contributed by atoms with E-state index in [4.69, 9.17) is 26.1 Å². The molecule has 0 aliphatic heterocycles. The van der Waals surface area contributed by atoms with Crippen LogP contribution in [0.1, 0.15) is 0 Å². The minimum atomic E-state index is 0.446. The third-order valence-corrected chi connectivity index (χ3v) is 4.38. The second kappa shape index (κ2) is 6.22. The van der Waals surface area contributed by atoms with Crippen molar-refractivity contribution in [2.45, 2.75) is 0 Å². The molecule has 124 valence electrons. The first-order valence-electron chi connectivity index (χ1n) is 7.78. The molecule has 0 amide bonds. The Balaban J connectivity index is 2.05. The van der Waals surface area contributed by atoms with Crippen molar-refractivity contribution < 1.29 is 9.47 Å². The normalized spacial score (nSPS) is 11.0. The van der Waals surface area contributed by atoms with Crippen LogP contribution in [0.5, 0.6) is 11.5 Å². The van der Waals surface area contributed by atoms with Gasteiger partial charge in [0.2, 0.25) is 0 Å². The van der Waals surface area contributed by atoms with Gasteiger partial charge < -0.3 is 9.47 Å². The second-order valence-corrected chi connectivity index (χ2v) is 5.96. The van der Waals surface area contributed by atoms with Crippen molar-refractivity contribution in [2.75, 3.05) is 14.2 Å². The molecule has 2 aromatic heterocycles. The molecular weight excluding hydrogens is 336 g/mol. The first-order valence-corrected chi connectivity index (χ1v) is 8.16. The van der Waals surface area contributed by atoms with Gasteiger partial charge in [-0.25, -0.2) is 9.97 Å². The van der Waals surface area contributed by atoms with E-state index in [1.165, 1.54) is 0 Å². The Bertz CT molecular complexity index is 1070. The van der Waals surface area contributed by atoms with E-state index < -0.39 is 0 Å². The zero-order valence-corrected chi connectivity index (χ0v) is 14.5.